The normalized spacial score (nSPS) is 17.9. The van der Waals surface area contributed by atoms with E-state index in [0.717, 1.165) is 25.9 Å². The van der Waals surface area contributed by atoms with Crippen molar-refractivity contribution in [3.05, 3.63) is 24.1 Å². The molecule has 0 saturated carbocycles. The van der Waals surface area contributed by atoms with E-state index >= 15 is 0 Å². The summed E-state index contributed by atoms with van der Waals surface area (Å²) in [5.41, 5.74) is 0. The molecule has 0 atom stereocenters. The molecule has 1 aromatic rings. The molecular weight excluding hydrogens is 179 g/mol. The van der Waals surface area contributed by atoms with Crippen molar-refractivity contribution in [2.75, 3.05) is 18.0 Å². The van der Waals surface area contributed by atoms with Crippen molar-refractivity contribution in [1.29, 1.82) is 0 Å². The largest absolute Gasteiger partial charge is 0.354 e. The first kappa shape index (κ1) is 9.44. The van der Waals surface area contributed by atoms with Crippen LogP contribution >= 0.6 is 0 Å². The molecule has 1 aliphatic heterocycles. The first-order chi connectivity index (χ1) is 6.88. The molecule has 0 unspecified atom stereocenters. The summed E-state index contributed by atoms with van der Waals surface area (Å²) < 4.78 is 13.4. The Morgan fingerprint density at radius 2 is 1.86 bits per heavy atom. The average molecular weight is 194 g/mol. The van der Waals surface area contributed by atoms with Crippen LogP contribution in [-0.4, -0.2) is 18.1 Å². The van der Waals surface area contributed by atoms with Gasteiger partial charge < -0.3 is 4.90 Å². The second-order valence-corrected chi connectivity index (χ2v) is 3.71. The topological polar surface area (TPSA) is 16.1 Å². The summed E-state index contributed by atoms with van der Waals surface area (Å²) in [6, 6.07) is 3.11. The number of nitrogens with zero attached hydrogens (tertiary/aromatic N) is 2. The summed E-state index contributed by atoms with van der Waals surface area (Å²) >= 11 is 0. The van der Waals surface area contributed by atoms with Gasteiger partial charge in [0.05, 0.1) is 0 Å². The zero-order valence-electron chi connectivity index (χ0n) is 8.25. The summed E-state index contributed by atoms with van der Waals surface area (Å²) in [6.45, 7) is 1.88. The Morgan fingerprint density at radius 3 is 2.50 bits per heavy atom. The lowest BCUT2D eigenvalue weighted by molar-refractivity contribution is 0.608. The third-order valence-electron chi connectivity index (χ3n) is 2.64. The molecule has 0 bridgehead atoms. The Hall–Kier alpha value is -1.12. The maximum absolute atomic E-state index is 13.4. The fourth-order valence-corrected chi connectivity index (χ4v) is 1.89. The summed E-state index contributed by atoms with van der Waals surface area (Å²) in [5, 5.41) is 0. The van der Waals surface area contributed by atoms with Gasteiger partial charge in [0.25, 0.3) is 0 Å². The highest BCUT2D eigenvalue weighted by Crippen LogP contribution is 2.19. The van der Waals surface area contributed by atoms with Gasteiger partial charge in [0.15, 0.2) is 11.6 Å². The second kappa shape index (κ2) is 4.40. The summed E-state index contributed by atoms with van der Waals surface area (Å²) in [4.78, 5) is 6.15. The molecule has 0 N–H and O–H groups in total. The molecule has 1 aliphatic rings. The quantitative estimate of drug-likeness (QED) is 0.683. The SMILES string of the molecule is Fc1cccnc1N1CCCCCC1. The van der Waals surface area contributed by atoms with Crippen LogP contribution in [0.5, 0.6) is 0 Å². The third-order valence-corrected chi connectivity index (χ3v) is 2.64. The molecule has 2 heterocycles. The zero-order valence-corrected chi connectivity index (χ0v) is 8.25. The molecule has 1 aromatic heterocycles. The van der Waals surface area contributed by atoms with Crippen molar-refractivity contribution in [1.82, 2.24) is 4.98 Å². The zero-order chi connectivity index (χ0) is 9.80. The minimum Gasteiger partial charge on any atom is -0.354 e. The van der Waals surface area contributed by atoms with Crippen molar-refractivity contribution in [3.63, 3.8) is 0 Å². The molecule has 1 saturated heterocycles. The van der Waals surface area contributed by atoms with E-state index in [2.05, 4.69) is 9.88 Å². The summed E-state index contributed by atoms with van der Waals surface area (Å²) in [6.07, 6.45) is 6.46. The Balaban J connectivity index is 2.16. The lowest BCUT2D eigenvalue weighted by atomic mass is 10.2. The van der Waals surface area contributed by atoms with E-state index in [9.17, 15) is 4.39 Å². The number of rotatable bonds is 1. The monoisotopic (exact) mass is 194 g/mol. The fourth-order valence-electron chi connectivity index (χ4n) is 1.89. The van der Waals surface area contributed by atoms with E-state index in [4.69, 9.17) is 0 Å². The average Bonchev–Trinajstić information content (AvgIpc) is 2.47. The number of halogens is 1. The van der Waals surface area contributed by atoms with Crippen molar-refractivity contribution < 1.29 is 4.39 Å². The van der Waals surface area contributed by atoms with Crippen molar-refractivity contribution >= 4 is 5.82 Å². The van der Waals surface area contributed by atoms with Gasteiger partial charge in [-0.3, -0.25) is 0 Å². The molecule has 0 radical (unpaired) electrons. The maximum Gasteiger partial charge on any atom is 0.165 e. The van der Waals surface area contributed by atoms with Gasteiger partial charge in [0.1, 0.15) is 0 Å². The van der Waals surface area contributed by atoms with E-state index in [1.165, 1.54) is 18.9 Å². The Bertz CT molecular complexity index is 293. The molecule has 0 amide bonds. The van der Waals surface area contributed by atoms with Crippen LogP contribution < -0.4 is 4.90 Å². The predicted octanol–water partition coefficient (Wildman–Crippen LogP) is 2.60. The molecule has 0 spiro atoms. The van der Waals surface area contributed by atoms with E-state index < -0.39 is 0 Å². The van der Waals surface area contributed by atoms with Gasteiger partial charge in [0.2, 0.25) is 0 Å². The van der Waals surface area contributed by atoms with Crippen molar-refractivity contribution in [2.24, 2.45) is 0 Å². The van der Waals surface area contributed by atoms with Crippen LogP contribution in [0.3, 0.4) is 0 Å². The van der Waals surface area contributed by atoms with Crippen LogP contribution in [0.2, 0.25) is 0 Å². The van der Waals surface area contributed by atoms with Crippen LogP contribution in [0.15, 0.2) is 18.3 Å². The molecule has 76 valence electrons. The van der Waals surface area contributed by atoms with Crippen molar-refractivity contribution in [2.45, 2.75) is 25.7 Å². The molecule has 14 heavy (non-hydrogen) atoms. The van der Waals surface area contributed by atoms with Crippen LogP contribution in [0, 0.1) is 5.82 Å². The van der Waals surface area contributed by atoms with Crippen LogP contribution in [0.4, 0.5) is 10.2 Å². The highest BCUT2D eigenvalue weighted by molar-refractivity contribution is 5.39. The molecular formula is C11H15FN2. The first-order valence-corrected chi connectivity index (χ1v) is 5.23. The Labute approximate surface area is 83.8 Å². The predicted molar refractivity (Wildman–Crippen MR) is 54.9 cm³/mol. The second-order valence-electron chi connectivity index (χ2n) is 3.71. The van der Waals surface area contributed by atoms with E-state index in [1.807, 2.05) is 0 Å². The summed E-state index contributed by atoms with van der Waals surface area (Å²) in [7, 11) is 0. The van der Waals surface area contributed by atoms with Gasteiger partial charge in [-0.2, -0.15) is 0 Å². The minimum atomic E-state index is -0.200. The van der Waals surface area contributed by atoms with E-state index in [-0.39, 0.29) is 5.82 Å². The van der Waals surface area contributed by atoms with Crippen molar-refractivity contribution in [3.8, 4) is 0 Å². The third kappa shape index (κ3) is 2.03. The smallest absolute Gasteiger partial charge is 0.165 e. The lowest BCUT2D eigenvalue weighted by Crippen LogP contribution is -2.25. The van der Waals surface area contributed by atoms with Gasteiger partial charge in [-0.05, 0) is 25.0 Å². The number of hydrogen-bond acceptors (Lipinski definition) is 2. The van der Waals surface area contributed by atoms with E-state index in [0.29, 0.717) is 5.82 Å². The fraction of sp³-hybridized carbons (Fsp3) is 0.545. The number of anilines is 1. The standard InChI is InChI=1S/C11H15FN2/c12-10-6-5-7-13-11(10)14-8-3-1-2-4-9-14/h5-7H,1-4,8-9H2. The summed E-state index contributed by atoms with van der Waals surface area (Å²) in [5.74, 6) is 0.323. The Kier molecular flexibility index (Phi) is 2.96. The highest BCUT2D eigenvalue weighted by Gasteiger charge is 2.13. The first-order valence-electron chi connectivity index (χ1n) is 5.23. The number of aromatic nitrogens is 1. The molecule has 2 rings (SSSR count). The number of hydrogen-bond donors (Lipinski definition) is 0. The molecule has 1 fully saturated rings. The van der Waals surface area contributed by atoms with Gasteiger partial charge in [-0.25, -0.2) is 9.37 Å². The van der Waals surface area contributed by atoms with Gasteiger partial charge >= 0.3 is 0 Å². The van der Waals surface area contributed by atoms with Crippen LogP contribution in [-0.2, 0) is 0 Å². The van der Waals surface area contributed by atoms with Crippen LogP contribution in [0.25, 0.3) is 0 Å². The van der Waals surface area contributed by atoms with Gasteiger partial charge in [-0.1, -0.05) is 12.8 Å². The molecule has 2 nitrogen and oxygen atoms in total. The molecule has 0 aromatic carbocycles. The van der Waals surface area contributed by atoms with E-state index in [1.54, 1.807) is 12.3 Å². The molecule has 3 heteroatoms. The number of pyridine rings is 1. The van der Waals surface area contributed by atoms with Crippen LogP contribution in [0.1, 0.15) is 25.7 Å². The lowest BCUT2D eigenvalue weighted by Gasteiger charge is -2.21. The highest BCUT2D eigenvalue weighted by atomic mass is 19.1. The molecule has 0 aliphatic carbocycles. The minimum absolute atomic E-state index is 0.200. The Morgan fingerprint density at radius 1 is 1.14 bits per heavy atom. The maximum atomic E-state index is 13.4. The van der Waals surface area contributed by atoms with Gasteiger partial charge in [-0.15, -0.1) is 0 Å². The van der Waals surface area contributed by atoms with Gasteiger partial charge in [0, 0.05) is 19.3 Å².